The molecule has 8 heteroatoms. The summed E-state index contributed by atoms with van der Waals surface area (Å²) in [6.07, 6.45) is 5.74. The number of hydrogen-bond acceptors (Lipinski definition) is 3. The fourth-order valence-electron chi connectivity index (χ4n) is 4.67. The van der Waals surface area contributed by atoms with Crippen LogP contribution in [0.4, 0.5) is 4.39 Å². The number of nitrogens with zero attached hydrogens (tertiary/aromatic N) is 1. The molecule has 3 N–H and O–H groups in total. The van der Waals surface area contributed by atoms with Gasteiger partial charge < -0.3 is 20.7 Å². The highest BCUT2D eigenvalue weighted by molar-refractivity contribution is 14.0. The third kappa shape index (κ3) is 6.59. The molecule has 178 valence electrons. The Morgan fingerprint density at radius 3 is 2.52 bits per heavy atom. The van der Waals surface area contributed by atoms with Gasteiger partial charge in [-0.2, -0.15) is 0 Å². The number of amides is 1. The van der Waals surface area contributed by atoms with Crippen molar-refractivity contribution in [2.45, 2.75) is 50.2 Å². The van der Waals surface area contributed by atoms with E-state index >= 15 is 0 Å². The molecule has 1 saturated carbocycles. The first-order valence-corrected chi connectivity index (χ1v) is 11.3. The number of carbonyl (C=O) groups is 1. The van der Waals surface area contributed by atoms with Gasteiger partial charge in [0.05, 0.1) is 12.5 Å². The molecular formula is C25H32FIN4O2. The minimum absolute atomic E-state index is 0. The van der Waals surface area contributed by atoms with Crippen LogP contribution in [0.1, 0.15) is 49.3 Å². The lowest BCUT2D eigenvalue weighted by Gasteiger charge is -2.40. The van der Waals surface area contributed by atoms with E-state index in [4.69, 9.17) is 4.74 Å². The Kier molecular flexibility index (Phi) is 8.94. The van der Waals surface area contributed by atoms with Gasteiger partial charge in [0.15, 0.2) is 5.96 Å². The van der Waals surface area contributed by atoms with Gasteiger partial charge in [-0.05, 0) is 49.4 Å². The Labute approximate surface area is 211 Å². The maximum absolute atomic E-state index is 13.0. The fraction of sp³-hybridized carbons (Fsp3) is 0.440. The fourth-order valence-corrected chi connectivity index (χ4v) is 4.67. The molecule has 0 aromatic heterocycles. The third-order valence-electron chi connectivity index (χ3n) is 6.26. The van der Waals surface area contributed by atoms with Gasteiger partial charge in [-0.25, -0.2) is 4.39 Å². The summed E-state index contributed by atoms with van der Waals surface area (Å²) in [6, 6.07) is 14.3. The quantitative estimate of drug-likeness (QED) is 0.213. The standard InChI is InChI=1S/C25H31FN4O2.HI/c1-27-24(29-15-14-28-23(31)16-18-8-10-19(26)11-9-18)30-21-17-25(12-4-5-13-25)32-22-7-3-2-6-20(21)22;/h2-3,6-11,21H,4-5,12-17H2,1H3,(H,28,31)(H2,27,29,30);1H. The molecule has 1 fully saturated rings. The molecule has 0 bridgehead atoms. The zero-order chi connectivity index (χ0) is 22.4. The minimum atomic E-state index is -0.303. The molecule has 6 nitrogen and oxygen atoms in total. The minimum Gasteiger partial charge on any atom is -0.487 e. The SMILES string of the molecule is CN=C(NCCNC(=O)Cc1ccc(F)cc1)NC1CC2(CCCC2)Oc2ccccc21.I. The molecule has 0 saturated heterocycles. The summed E-state index contributed by atoms with van der Waals surface area (Å²) in [7, 11) is 1.75. The molecule has 1 aliphatic carbocycles. The zero-order valence-electron chi connectivity index (χ0n) is 18.9. The molecular weight excluding hydrogens is 534 g/mol. The highest BCUT2D eigenvalue weighted by atomic mass is 127. The highest BCUT2D eigenvalue weighted by Gasteiger charge is 2.43. The van der Waals surface area contributed by atoms with Gasteiger partial charge in [0.1, 0.15) is 17.2 Å². The number of nitrogens with one attached hydrogen (secondary N) is 3. The van der Waals surface area contributed by atoms with Gasteiger partial charge >= 0.3 is 0 Å². The molecule has 0 radical (unpaired) electrons. The van der Waals surface area contributed by atoms with E-state index in [9.17, 15) is 9.18 Å². The number of para-hydroxylation sites is 1. The summed E-state index contributed by atoms with van der Waals surface area (Å²) in [6.45, 7) is 1.01. The number of halogens is 2. The number of benzene rings is 2. The van der Waals surface area contributed by atoms with E-state index in [1.165, 1.54) is 25.0 Å². The molecule has 1 heterocycles. The average Bonchev–Trinajstić information content (AvgIpc) is 3.24. The van der Waals surface area contributed by atoms with E-state index in [1.54, 1.807) is 19.2 Å². The molecule has 4 rings (SSSR count). The van der Waals surface area contributed by atoms with E-state index < -0.39 is 0 Å². The summed E-state index contributed by atoms with van der Waals surface area (Å²) in [5, 5.41) is 9.73. The Hall–Kier alpha value is -2.36. The van der Waals surface area contributed by atoms with Gasteiger partial charge in [0, 0.05) is 32.1 Å². The molecule has 33 heavy (non-hydrogen) atoms. The van der Waals surface area contributed by atoms with Crippen molar-refractivity contribution in [3.8, 4) is 5.75 Å². The monoisotopic (exact) mass is 566 g/mol. The molecule has 1 amide bonds. The Morgan fingerprint density at radius 2 is 1.79 bits per heavy atom. The van der Waals surface area contributed by atoms with Gasteiger partial charge in [-0.1, -0.05) is 30.3 Å². The van der Waals surface area contributed by atoms with Crippen LogP contribution >= 0.6 is 24.0 Å². The van der Waals surface area contributed by atoms with Gasteiger partial charge in [-0.15, -0.1) is 24.0 Å². The lowest BCUT2D eigenvalue weighted by Crippen LogP contribution is -2.47. The molecule has 1 aliphatic heterocycles. The first-order chi connectivity index (χ1) is 15.6. The predicted molar refractivity (Wildman–Crippen MR) is 139 cm³/mol. The van der Waals surface area contributed by atoms with Crippen LogP contribution in [-0.4, -0.2) is 37.6 Å². The zero-order valence-corrected chi connectivity index (χ0v) is 21.2. The number of aliphatic imine (C=N–C) groups is 1. The number of ether oxygens (including phenoxy) is 1. The van der Waals surface area contributed by atoms with Crippen LogP contribution in [-0.2, 0) is 11.2 Å². The molecule has 2 aromatic carbocycles. The van der Waals surface area contributed by atoms with Gasteiger partial charge in [-0.3, -0.25) is 9.79 Å². The number of guanidine groups is 1. The van der Waals surface area contributed by atoms with E-state index in [1.807, 2.05) is 12.1 Å². The van der Waals surface area contributed by atoms with E-state index in [2.05, 4.69) is 33.1 Å². The second kappa shape index (κ2) is 11.7. The largest absolute Gasteiger partial charge is 0.487 e. The van der Waals surface area contributed by atoms with Crippen LogP contribution in [0.25, 0.3) is 0 Å². The Morgan fingerprint density at radius 1 is 1.09 bits per heavy atom. The maximum atomic E-state index is 13.0. The maximum Gasteiger partial charge on any atom is 0.224 e. The molecule has 2 aliphatic rings. The van der Waals surface area contributed by atoms with Gasteiger partial charge in [0.2, 0.25) is 5.91 Å². The van der Waals surface area contributed by atoms with E-state index in [-0.39, 0.29) is 53.8 Å². The summed E-state index contributed by atoms with van der Waals surface area (Å²) in [4.78, 5) is 16.5. The second-order valence-corrected chi connectivity index (χ2v) is 8.58. The molecule has 1 spiro atoms. The highest BCUT2D eigenvalue weighted by Crippen LogP contribution is 2.46. The van der Waals surface area contributed by atoms with Crippen LogP contribution in [0, 0.1) is 5.82 Å². The predicted octanol–water partition coefficient (Wildman–Crippen LogP) is 4.10. The van der Waals surface area contributed by atoms with E-state index in [0.717, 1.165) is 36.1 Å². The van der Waals surface area contributed by atoms with Crippen LogP contribution < -0.4 is 20.7 Å². The van der Waals surface area contributed by atoms with Crippen molar-refractivity contribution in [3.05, 3.63) is 65.5 Å². The van der Waals surface area contributed by atoms with Crippen LogP contribution in [0.2, 0.25) is 0 Å². The normalized spacial score (nSPS) is 18.6. The van der Waals surface area contributed by atoms with Crippen LogP contribution in [0.5, 0.6) is 5.75 Å². The molecule has 2 aromatic rings. The number of carbonyl (C=O) groups excluding carboxylic acids is 1. The Bertz CT molecular complexity index is 961. The van der Waals surface area contributed by atoms with Crippen molar-refractivity contribution in [3.63, 3.8) is 0 Å². The van der Waals surface area contributed by atoms with Crippen LogP contribution in [0.3, 0.4) is 0 Å². The second-order valence-electron chi connectivity index (χ2n) is 8.58. The topological polar surface area (TPSA) is 74.8 Å². The lowest BCUT2D eigenvalue weighted by molar-refractivity contribution is -0.120. The summed E-state index contributed by atoms with van der Waals surface area (Å²) in [5.41, 5.74) is 1.85. The van der Waals surface area contributed by atoms with Crippen LogP contribution in [0.15, 0.2) is 53.5 Å². The van der Waals surface area contributed by atoms with Crippen molar-refractivity contribution in [1.82, 2.24) is 16.0 Å². The van der Waals surface area contributed by atoms with Crippen molar-refractivity contribution in [2.24, 2.45) is 4.99 Å². The van der Waals surface area contributed by atoms with Crippen molar-refractivity contribution in [1.29, 1.82) is 0 Å². The van der Waals surface area contributed by atoms with Crippen molar-refractivity contribution in [2.75, 3.05) is 20.1 Å². The van der Waals surface area contributed by atoms with Crippen molar-refractivity contribution >= 4 is 35.8 Å². The first kappa shape index (κ1) is 25.3. The number of rotatable bonds is 6. The lowest BCUT2D eigenvalue weighted by atomic mass is 9.86. The summed E-state index contributed by atoms with van der Waals surface area (Å²) in [5.74, 6) is 1.26. The summed E-state index contributed by atoms with van der Waals surface area (Å²) >= 11 is 0. The smallest absolute Gasteiger partial charge is 0.224 e. The average molecular weight is 566 g/mol. The molecule has 1 atom stereocenters. The molecule has 1 unspecified atom stereocenters. The Balaban J connectivity index is 0.00000306. The summed E-state index contributed by atoms with van der Waals surface area (Å²) < 4.78 is 19.4. The number of fused-ring (bicyclic) bond motifs is 1. The van der Waals surface area contributed by atoms with Gasteiger partial charge in [0.25, 0.3) is 0 Å². The third-order valence-corrected chi connectivity index (χ3v) is 6.26. The van der Waals surface area contributed by atoms with Crippen molar-refractivity contribution < 1.29 is 13.9 Å². The number of hydrogen-bond donors (Lipinski definition) is 3. The van der Waals surface area contributed by atoms with E-state index in [0.29, 0.717) is 19.0 Å². The first-order valence-electron chi connectivity index (χ1n) is 11.3.